The molecule has 0 aromatic carbocycles. The van der Waals surface area contributed by atoms with Crippen molar-refractivity contribution in [3.8, 4) is 0 Å². The van der Waals surface area contributed by atoms with Crippen LogP contribution in [0, 0.1) is 0 Å². The fourth-order valence-electron chi connectivity index (χ4n) is 1.98. The highest BCUT2D eigenvalue weighted by Gasteiger charge is 2.31. The minimum absolute atomic E-state index is 0.0619. The molecular formula is C14H23N3O. The molecule has 2 rings (SSSR count). The molecule has 4 heteroatoms. The van der Waals surface area contributed by atoms with Crippen molar-refractivity contribution < 1.29 is 4.79 Å². The molecule has 1 saturated carbocycles. The highest BCUT2D eigenvalue weighted by Crippen LogP contribution is 2.40. The van der Waals surface area contributed by atoms with Crippen LogP contribution in [-0.4, -0.2) is 34.2 Å². The number of hydrogen-bond acceptors (Lipinski definition) is 2. The molecule has 1 fully saturated rings. The van der Waals surface area contributed by atoms with Gasteiger partial charge in [0, 0.05) is 19.5 Å². The normalized spacial score (nSPS) is 15.8. The van der Waals surface area contributed by atoms with E-state index in [1.807, 2.05) is 24.7 Å². The van der Waals surface area contributed by atoms with Gasteiger partial charge in [-0.1, -0.05) is 0 Å². The number of amides is 1. The molecule has 0 saturated heterocycles. The summed E-state index contributed by atoms with van der Waals surface area (Å²) >= 11 is 0. The Kier molecular flexibility index (Phi) is 3.21. The van der Waals surface area contributed by atoms with Crippen LogP contribution in [-0.2, 0) is 5.54 Å². The Bertz CT molecular complexity index is 452. The first kappa shape index (κ1) is 13.1. The fourth-order valence-corrected chi connectivity index (χ4v) is 1.98. The first-order valence-electron chi connectivity index (χ1n) is 6.70. The van der Waals surface area contributed by atoms with E-state index in [2.05, 4.69) is 25.9 Å². The van der Waals surface area contributed by atoms with Crippen LogP contribution < -0.4 is 0 Å². The van der Waals surface area contributed by atoms with Gasteiger partial charge in [0.2, 0.25) is 0 Å². The molecule has 0 spiro atoms. The summed E-state index contributed by atoms with van der Waals surface area (Å²) in [4.78, 5) is 14.1. The van der Waals surface area contributed by atoms with Gasteiger partial charge in [0.1, 0.15) is 5.69 Å². The highest BCUT2D eigenvalue weighted by atomic mass is 16.2. The topological polar surface area (TPSA) is 38.1 Å². The number of rotatable bonds is 3. The van der Waals surface area contributed by atoms with Gasteiger partial charge < -0.3 is 4.90 Å². The molecule has 0 atom stereocenters. The van der Waals surface area contributed by atoms with Gasteiger partial charge in [-0.05, 0) is 46.6 Å². The van der Waals surface area contributed by atoms with Crippen molar-refractivity contribution in [1.29, 1.82) is 0 Å². The van der Waals surface area contributed by atoms with E-state index in [0.717, 1.165) is 5.69 Å². The van der Waals surface area contributed by atoms with Gasteiger partial charge >= 0.3 is 0 Å². The summed E-state index contributed by atoms with van der Waals surface area (Å²) in [5.74, 6) is 0.638. The second-order valence-electron chi connectivity index (χ2n) is 6.13. The van der Waals surface area contributed by atoms with Crippen LogP contribution in [0.1, 0.15) is 62.6 Å². The zero-order valence-electron chi connectivity index (χ0n) is 12.0. The molecule has 0 N–H and O–H groups in total. The summed E-state index contributed by atoms with van der Waals surface area (Å²) in [5, 5.41) is 4.65. The average molecular weight is 249 g/mol. The van der Waals surface area contributed by atoms with Crippen molar-refractivity contribution in [3.05, 3.63) is 17.5 Å². The SMILES string of the molecule is CCN(C)C(=O)c1cc(C2CC2)nn1C(C)(C)C. The second kappa shape index (κ2) is 4.41. The van der Waals surface area contributed by atoms with Gasteiger partial charge in [-0.15, -0.1) is 0 Å². The molecule has 1 amide bonds. The van der Waals surface area contributed by atoms with E-state index in [4.69, 9.17) is 0 Å². The lowest BCUT2D eigenvalue weighted by Crippen LogP contribution is -2.33. The minimum atomic E-state index is -0.160. The van der Waals surface area contributed by atoms with Crippen LogP contribution in [0.2, 0.25) is 0 Å². The van der Waals surface area contributed by atoms with Crippen LogP contribution in [0.4, 0.5) is 0 Å². The Morgan fingerprint density at radius 1 is 1.50 bits per heavy atom. The summed E-state index contributed by atoms with van der Waals surface area (Å²) in [7, 11) is 1.83. The zero-order chi connectivity index (χ0) is 13.5. The molecule has 1 aliphatic carbocycles. The van der Waals surface area contributed by atoms with Crippen molar-refractivity contribution >= 4 is 5.91 Å². The lowest BCUT2D eigenvalue weighted by molar-refractivity contribution is 0.0782. The molecule has 0 radical (unpaired) electrons. The molecule has 1 aromatic heterocycles. The van der Waals surface area contributed by atoms with E-state index in [-0.39, 0.29) is 11.4 Å². The van der Waals surface area contributed by atoms with E-state index >= 15 is 0 Å². The summed E-state index contributed by atoms with van der Waals surface area (Å²) in [5.41, 5.74) is 1.64. The van der Waals surface area contributed by atoms with Crippen LogP contribution in [0.3, 0.4) is 0 Å². The van der Waals surface area contributed by atoms with E-state index < -0.39 is 0 Å². The Balaban J connectivity index is 2.40. The van der Waals surface area contributed by atoms with Crippen molar-refractivity contribution in [1.82, 2.24) is 14.7 Å². The van der Waals surface area contributed by atoms with Gasteiger partial charge in [-0.25, -0.2) is 0 Å². The predicted octanol–water partition coefficient (Wildman–Crippen LogP) is 2.61. The smallest absolute Gasteiger partial charge is 0.271 e. The molecule has 0 unspecified atom stereocenters. The lowest BCUT2D eigenvalue weighted by Gasteiger charge is -2.23. The maximum Gasteiger partial charge on any atom is 0.271 e. The Labute approximate surface area is 109 Å². The third-order valence-electron chi connectivity index (χ3n) is 3.40. The molecule has 1 aliphatic rings. The van der Waals surface area contributed by atoms with Crippen LogP contribution in [0.25, 0.3) is 0 Å². The number of carbonyl (C=O) groups excluding carboxylic acids is 1. The van der Waals surface area contributed by atoms with Crippen molar-refractivity contribution in [3.63, 3.8) is 0 Å². The zero-order valence-corrected chi connectivity index (χ0v) is 12.0. The number of hydrogen-bond donors (Lipinski definition) is 0. The maximum atomic E-state index is 12.4. The van der Waals surface area contributed by atoms with Crippen LogP contribution in [0.5, 0.6) is 0 Å². The molecule has 0 bridgehead atoms. The summed E-state index contributed by atoms with van der Waals surface area (Å²) < 4.78 is 1.88. The monoisotopic (exact) mass is 249 g/mol. The van der Waals surface area contributed by atoms with Crippen LogP contribution in [0.15, 0.2) is 6.07 Å². The maximum absolute atomic E-state index is 12.4. The Hall–Kier alpha value is -1.32. The first-order valence-corrected chi connectivity index (χ1v) is 6.70. The summed E-state index contributed by atoms with van der Waals surface area (Å²) in [6.45, 7) is 8.95. The van der Waals surface area contributed by atoms with Crippen LogP contribution >= 0.6 is 0 Å². The Morgan fingerprint density at radius 2 is 2.11 bits per heavy atom. The quantitative estimate of drug-likeness (QED) is 0.826. The number of aromatic nitrogens is 2. The standard InChI is InChI=1S/C14H23N3O/c1-6-16(5)13(18)12-9-11(10-7-8-10)15-17(12)14(2,3)4/h9-10H,6-8H2,1-5H3. The summed E-state index contributed by atoms with van der Waals surface area (Å²) in [6.07, 6.45) is 2.41. The lowest BCUT2D eigenvalue weighted by atomic mass is 10.1. The van der Waals surface area contributed by atoms with Gasteiger partial charge in [-0.2, -0.15) is 5.10 Å². The molecule has 0 aliphatic heterocycles. The molecule has 4 nitrogen and oxygen atoms in total. The first-order chi connectivity index (χ1) is 8.34. The highest BCUT2D eigenvalue weighted by molar-refractivity contribution is 5.92. The summed E-state index contributed by atoms with van der Waals surface area (Å²) in [6, 6.07) is 1.98. The van der Waals surface area contributed by atoms with Crippen molar-refractivity contribution in [2.45, 2.75) is 52.0 Å². The third-order valence-corrected chi connectivity index (χ3v) is 3.40. The van der Waals surface area contributed by atoms with Gasteiger partial charge in [0.05, 0.1) is 11.2 Å². The largest absolute Gasteiger partial charge is 0.341 e. The fraction of sp³-hybridized carbons (Fsp3) is 0.714. The van der Waals surface area contributed by atoms with E-state index in [1.165, 1.54) is 12.8 Å². The van der Waals surface area contributed by atoms with Gasteiger partial charge in [0.15, 0.2) is 0 Å². The van der Waals surface area contributed by atoms with Gasteiger partial charge in [0.25, 0.3) is 5.91 Å². The van der Waals surface area contributed by atoms with Crippen molar-refractivity contribution in [2.75, 3.05) is 13.6 Å². The third kappa shape index (κ3) is 2.42. The number of carbonyl (C=O) groups is 1. The number of nitrogens with zero attached hydrogens (tertiary/aromatic N) is 3. The minimum Gasteiger partial charge on any atom is -0.341 e. The van der Waals surface area contributed by atoms with E-state index in [1.54, 1.807) is 4.90 Å². The second-order valence-corrected chi connectivity index (χ2v) is 6.13. The predicted molar refractivity (Wildman–Crippen MR) is 71.8 cm³/mol. The molecule has 1 aromatic rings. The molecular weight excluding hydrogens is 226 g/mol. The van der Waals surface area contributed by atoms with Crippen molar-refractivity contribution in [2.24, 2.45) is 0 Å². The van der Waals surface area contributed by atoms with E-state index in [0.29, 0.717) is 18.2 Å². The molecule has 1 heterocycles. The molecule has 100 valence electrons. The van der Waals surface area contributed by atoms with Gasteiger partial charge in [-0.3, -0.25) is 9.48 Å². The Morgan fingerprint density at radius 3 is 2.56 bits per heavy atom. The van der Waals surface area contributed by atoms with E-state index in [9.17, 15) is 4.79 Å². The molecule has 18 heavy (non-hydrogen) atoms. The average Bonchev–Trinajstić information content (AvgIpc) is 3.04.